The van der Waals surface area contributed by atoms with Crippen LogP contribution in [0.1, 0.15) is 27.3 Å². The van der Waals surface area contributed by atoms with Crippen molar-refractivity contribution in [3.05, 3.63) is 58.4 Å². The maximum absolute atomic E-state index is 12.6. The maximum atomic E-state index is 12.6. The fourth-order valence-corrected chi connectivity index (χ4v) is 3.49. The van der Waals surface area contributed by atoms with Gasteiger partial charge >= 0.3 is 5.97 Å². The van der Waals surface area contributed by atoms with Gasteiger partial charge in [0.05, 0.1) is 12.7 Å². The summed E-state index contributed by atoms with van der Waals surface area (Å²) in [6, 6.07) is 8.93. The molecule has 2 amide bonds. The minimum atomic E-state index is -0.426. The van der Waals surface area contributed by atoms with E-state index >= 15 is 0 Å². The summed E-state index contributed by atoms with van der Waals surface area (Å²) in [5, 5.41) is 0.174. The van der Waals surface area contributed by atoms with Crippen molar-refractivity contribution in [2.75, 3.05) is 21.2 Å². The van der Waals surface area contributed by atoms with Gasteiger partial charge in [-0.05, 0) is 68.0 Å². The van der Waals surface area contributed by atoms with E-state index in [-0.39, 0.29) is 10.7 Å². The highest BCUT2D eigenvalue weighted by atomic mass is 32.1. The van der Waals surface area contributed by atoms with E-state index in [0.29, 0.717) is 5.56 Å². The molecule has 0 atom stereocenters. The first-order chi connectivity index (χ1) is 13.7. The number of aromatic nitrogens is 1. The quantitative estimate of drug-likeness (QED) is 0.336. The standard InChI is InChI=1S/C21H21N3O4S/c1-12-10-15(11-17-18(25)22(3)21(29)23(4)19(17)26)13(2)24(12)16-8-6-14(7-9-16)20(27)28-5/h6-11H,1-5H3. The van der Waals surface area contributed by atoms with Gasteiger partial charge in [-0.3, -0.25) is 19.4 Å². The van der Waals surface area contributed by atoms with Crippen LogP contribution in [0.25, 0.3) is 11.8 Å². The second kappa shape index (κ2) is 7.63. The SMILES string of the molecule is COC(=O)c1ccc(-n2c(C)cc(C=C3C(=O)N(C)C(=S)N(C)C3=O)c2C)cc1. The van der Waals surface area contributed by atoms with Crippen molar-refractivity contribution in [1.29, 1.82) is 0 Å². The van der Waals surface area contributed by atoms with E-state index in [4.69, 9.17) is 17.0 Å². The highest BCUT2D eigenvalue weighted by molar-refractivity contribution is 7.80. The van der Waals surface area contributed by atoms with E-state index in [9.17, 15) is 14.4 Å². The molecule has 0 unspecified atom stereocenters. The number of thiocarbonyl (C=S) groups is 1. The summed E-state index contributed by atoms with van der Waals surface area (Å²) in [4.78, 5) is 39.4. The van der Waals surface area contributed by atoms with Gasteiger partial charge in [0.25, 0.3) is 11.8 Å². The molecular weight excluding hydrogens is 390 g/mol. The molecule has 3 rings (SSSR count). The molecule has 0 radical (unpaired) electrons. The van der Waals surface area contributed by atoms with Gasteiger partial charge in [0.15, 0.2) is 5.11 Å². The molecule has 1 fully saturated rings. The summed E-state index contributed by atoms with van der Waals surface area (Å²) < 4.78 is 6.72. The van der Waals surface area contributed by atoms with Crippen molar-refractivity contribution in [2.24, 2.45) is 0 Å². The number of carbonyl (C=O) groups is 3. The Hall–Kier alpha value is -3.26. The van der Waals surface area contributed by atoms with Gasteiger partial charge in [0, 0.05) is 31.2 Å². The molecule has 0 spiro atoms. The molecule has 1 aromatic carbocycles. The molecule has 150 valence electrons. The lowest BCUT2D eigenvalue weighted by Crippen LogP contribution is -2.52. The smallest absolute Gasteiger partial charge is 0.337 e. The summed E-state index contributed by atoms with van der Waals surface area (Å²) in [5.41, 5.74) is 3.92. The van der Waals surface area contributed by atoms with Gasteiger partial charge in [-0.1, -0.05) is 0 Å². The van der Waals surface area contributed by atoms with Crippen molar-refractivity contribution in [3.63, 3.8) is 0 Å². The molecule has 0 saturated carbocycles. The number of esters is 1. The first-order valence-electron chi connectivity index (χ1n) is 8.86. The first kappa shape index (κ1) is 20.5. The fraction of sp³-hybridized carbons (Fsp3) is 0.238. The highest BCUT2D eigenvalue weighted by Gasteiger charge is 2.35. The number of carbonyl (C=O) groups excluding carboxylic acids is 3. The van der Waals surface area contributed by atoms with E-state index < -0.39 is 17.8 Å². The van der Waals surface area contributed by atoms with Crippen molar-refractivity contribution < 1.29 is 19.1 Å². The van der Waals surface area contributed by atoms with Crippen molar-refractivity contribution in [1.82, 2.24) is 14.4 Å². The van der Waals surface area contributed by atoms with Gasteiger partial charge in [-0.25, -0.2) is 4.79 Å². The van der Waals surface area contributed by atoms with Gasteiger partial charge in [0.1, 0.15) is 5.57 Å². The number of methoxy groups -OCH3 is 1. The topological polar surface area (TPSA) is 71.8 Å². The zero-order valence-electron chi connectivity index (χ0n) is 16.8. The fourth-order valence-electron chi connectivity index (χ4n) is 3.33. The molecule has 1 aliphatic rings. The van der Waals surface area contributed by atoms with Crippen molar-refractivity contribution in [3.8, 4) is 5.69 Å². The monoisotopic (exact) mass is 411 g/mol. The average Bonchev–Trinajstić information content (AvgIpc) is 3.00. The first-order valence-corrected chi connectivity index (χ1v) is 9.27. The Labute approximate surface area is 174 Å². The second-order valence-corrected chi connectivity index (χ2v) is 7.13. The van der Waals surface area contributed by atoms with Crippen LogP contribution in [-0.2, 0) is 14.3 Å². The van der Waals surface area contributed by atoms with Crippen LogP contribution in [0.3, 0.4) is 0 Å². The van der Waals surface area contributed by atoms with E-state index in [1.54, 1.807) is 32.3 Å². The number of amides is 2. The zero-order chi connectivity index (χ0) is 21.5. The molecule has 7 nitrogen and oxygen atoms in total. The Morgan fingerprint density at radius 2 is 1.59 bits per heavy atom. The van der Waals surface area contributed by atoms with Crippen LogP contribution < -0.4 is 0 Å². The van der Waals surface area contributed by atoms with Gasteiger partial charge < -0.3 is 9.30 Å². The second-order valence-electron chi connectivity index (χ2n) is 6.77. The molecule has 2 aromatic rings. The minimum absolute atomic E-state index is 0.0601. The number of hydrogen-bond donors (Lipinski definition) is 0. The van der Waals surface area contributed by atoms with Crippen LogP contribution in [0, 0.1) is 13.8 Å². The summed E-state index contributed by atoms with van der Waals surface area (Å²) in [7, 11) is 4.44. The zero-order valence-corrected chi connectivity index (χ0v) is 17.7. The number of likely N-dealkylation sites (N-methyl/N-ethyl adjacent to an activating group) is 2. The van der Waals surface area contributed by atoms with Crippen molar-refractivity contribution >= 4 is 41.2 Å². The van der Waals surface area contributed by atoms with Gasteiger partial charge in [-0.15, -0.1) is 0 Å². The predicted octanol–water partition coefficient (Wildman–Crippen LogP) is 2.48. The Kier molecular flexibility index (Phi) is 5.39. The minimum Gasteiger partial charge on any atom is -0.465 e. The predicted molar refractivity (Wildman–Crippen MR) is 113 cm³/mol. The average molecular weight is 411 g/mol. The summed E-state index contributed by atoms with van der Waals surface area (Å²) >= 11 is 5.12. The molecule has 0 aliphatic carbocycles. The van der Waals surface area contributed by atoms with E-state index in [0.717, 1.165) is 22.6 Å². The normalized spacial score (nSPS) is 14.5. The van der Waals surface area contributed by atoms with Crippen LogP contribution in [-0.4, -0.2) is 58.5 Å². The molecule has 1 aromatic heterocycles. The number of ether oxygens (including phenoxy) is 1. The van der Waals surface area contributed by atoms with E-state index in [1.165, 1.54) is 16.9 Å². The third-order valence-corrected chi connectivity index (χ3v) is 5.51. The van der Waals surface area contributed by atoms with Crippen LogP contribution in [0.5, 0.6) is 0 Å². The molecule has 0 bridgehead atoms. The van der Waals surface area contributed by atoms with Crippen LogP contribution >= 0.6 is 12.2 Å². The summed E-state index contributed by atoms with van der Waals surface area (Å²) in [6.07, 6.45) is 1.60. The van der Waals surface area contributed by atoms with E-state index in [2.05, 4.69) is 0 Å². The molecule has 1 saturated heterocycles. The Morgan fingerprint density at radius 1 is 1.03 bits per heavy atom. The number of nitrogens with zero attached hydrogens (tertiary/aromatic N) is 3. The Bertz CT molecular complexity index is 1040. The number of hydrogen-bond acceptors (Lipinski definition) is 5. The molecular formula is C21H21N3O4S. The van der Waals surface area contributed by atoms with Crippen LogP contribution in [0.2, 0.25) is 0 Å². The Balaban J connectivity index is 2.03. The summed E-state index contributed by atoms with van der Waals surface area (Å²) in [6.45, 7) is 3.84. The largest absolute Gasteiger partial charge is 0.465 e. The lowest BCUT2D eigenvalue weighted by molar-refractivity contribution is -0.132. The number of rotatable bonds is 3. The summed E-state index contributed by atoms with van der Waals surface area (Å²) in [5.74, 6) is -1.25. The highest BCUT2D eigenvalue weighted by Crippen LogP contribution is 2.25. The number of benzene rings is 1. The molecule has 8 heteroatoms. The lowest BCUT2D eigenvalue weighted by Gasteiger charge is -2.31. The number of aryl methyl sites for hydroxylation is 1. The third kappa shape index (κ3) is 3.47. The van der Waals surface area contributed by atoms with Gasteiger partial charge in [0.2, 0.25) is 0 Å². The van der Waals surface area contributed by atoms with Crippen LogP contribution in [0.4, 0.5) is 0 Å². The third-order valence-electron chi connectivity index (χ3n) is 4.96. The molecule has 2 heterocycles. The lowest BCUT2D eigenvalue weighted by atomic mass is 10.1. The van der Waals surface area contributed by atoms with Gasteiger partial charge in [-0.2, -0.15) is 0 Å². The van der Waals surface area contributed by atoms with Crippen molar-refractivity contribution in [2.45, 2.75) is 13.8 Å². The van der Waals surface area contributed by atoms with Crippen LogP contribution in [0.15, 0.2) is 35.9 Å². The molecule has 29 heavy (non-hydrogen) atoms. The Morgan fingerprint density at radius 3 is 2.10 bits per heavy atom. The maximum Gasteiger partial charge on any atom is 0.337 e. The molecule has 1 aliphatic heterocycles. The molecule has 0 N–H and O–H groups in total. The van der Waals surface area contributed by atoms with E-state index in [1.807, 2.05) is 36.6 Å².